The summed E-state index contributed by atoms with van der Waals surface area (Å²) in [4.78, 5) is 0. The third-order valence-electron chi connectivity index (χ3n) is 2.88. The lowest BCUT2D eigenvalue weighted by molar-refractivity contribution is -0.0498. The van der Waals surface area contributed by atoms with E-state index < -0.39 is 6.61 Å². The summed E-state index contributed by atoms with van der Waals surface area (Å²) in [5.41, 5.74) is 3.07. The van der Waals surface area contributed by atoms with Crippen LogP contribution in [0, 0.1) is 0 Å². The predicted octanol–water partition coefficient (Wildman–Crippen LogP) is 4.05. The van der Waals surface area contributed by atoms with Crippen LogP contribution in [0.5, 0.6) is 5.75 Å². The number of anilines is 1. The smallest absolute Gasteiger partial charge is 0.387 e. The summed E-state index contributed by atoms with van der Waals surface area (Å²) in [5.74, 6) is 0.151. The molecule has 0 spiro atoms. The Kier molecular flexibility index (Phi) is 5.51. The molecule has 0 saturated heterocycles. The Morgan fingerprint density at radius 3 is 2.43 bits per heavy atom. The number of methoxy groups -OCH3 is 1. The first-order valence-corrected chi connectivity index (χ1v) is 6.53. The molecule has 1 N–H and O–H groups in total. The average Bonchev–Trinajstić information content (AvgIpc) is 2.47. The first-order chi connectivity index (χ1) is 10.2. The Hall–Kier alpha value is -2.14. The van der Waals surface area contributed by atoms with Gasteiger partial charge in [0, 0.05) is 19.3 Å². The van der Waals surface area contributed by atoms with Crippen molar-refractivity contribution in [2.24, 2.45) is 0 Å². The number of ether oxygens (including phenoxy) is 2. The summed E-state index contributed by atoms with van der Waals surface area (Å²) in [6.07, 6.45) is 0. The SMILES string of the molecule is COCc1cccc(CNc2ccc(OC(F)F)cc2)c1. The van der Waals surface area contributed by atoms with Gasteiger partial charge in [-0.25, -0.2) is 0 Å². The second-order valence-electron chi connectivity index (χ2n) is 4.51. The minimum absolute atomic E-state index is 0.151. The second-order valence-corrected chi connectivity index (χ2v) is 4.51. The number of rotatable bonds is 7. The molecule has 0 aliphatic heterocycles. The van der Waals surface area contributed by atoms with E-state index in [9.17, 15) is 8.78 Å². The van der Waals surface area contributed by atoms with Crippen molar-refractivity contribution in [2.45, 2.75) is 19.8 Å². The maximum absolute atomic E-state index is 12.0. The van der Waals surface area contributed by atoms with Crippen LogP contribution in [0.2, 0.25) is 0 Å². The summed E-state index contributed by atoms with van der Waals surface area (Å²) < 4.78 is 33.5. The maximum Gasteiger partial charge on any atom is 0.387 e. The van der Waals surface area contributed by atoms with E-state index in [1.54, 1.807) is 19.2 Å². The summed E-state index contributed by atoms with van der Waals surface area (Å²) in [6.45, 7) is -1.58. The van der Waals surface area contributed by atoms with Gasteiger partial charge in [0.2, 0.25) is 0 Å². The summed E-state index contributed by atoms with van der Waals surface area (Å²) in [7, 11) is 1.66. The largest absolute Gasteiger partial charge is 0.435 e. The van der Waals surface area contributed by atoms with Gasteiger partial charge in [-0.05, 0) is 35.4 Å². The minimum Gasteiger partial charge on any atom is -0.435 e. The Balaban J connectivity index is 1.91. The molecule has 0 bridgehead atoms. The van der Waals surface area contributed by atoms with Crippen molar-refractivity contribution in [3.8, 4) is 5.75 Å². The molecule has 2 aromatic carbocycles. The normalized spacial score (nSPS) is 10.7. The fraction of sp³-hybridized carbons (Fsp3) is 0.250. The van der Waals surface area contributed by atoms with Crippen LogP contribution in [-0.2, 0) is 17.9 Å². The molecule has 0 atom stereocenters. The first kappa shape index (κ1) is 15.3. The van der Waals surface area contributed by atoms with E-state index in [1.165, 1.54) is 12.1 Å². The quantitative estimate of drug-likeness (QED) is 0.835. The number of alkyl halides is 2. The summed E-state index contributed by atoms with van der Waals surface area (Å²) in [6, 6.07) is 14.5. The predicted molar refractivity (Wildman–Crippen MR) is 77.6 cm³/mol. The van der Waals surface area contributed by atoms with Crippen molar-refractivity contribution >= 4 is 5.69 Å². The van der Waals surface area contributed by atoms with E-state index in [1.807, 2.05) is 18.2 Å². The van der Waals surface area contributed by atoms with Crippen molar-refractivity contribution in [1.29, 1.82) is 0 Å². The van der Waals surface area contributed by atoms with Crippen LogP contribution < -0.4 is 10.1 Å². The topological polar surface area (TPSA) is 30.5 Å². The number of nitrogens with one attached hydrogen (secondary N) is 1. The van der Waals surface area contributed by atoms with Gasteiger partial charge in [-0.1, -0.05) is 24.3 Å². The summed E-state index contributed by atoms with van der Waals surface area (Å²) in [5, 5.41) is 3.23. The highest BCUT2D eigenvalue weighted by Gasteiger charge is 2.03. The van der Waals surface area contributed by atoms with Crippen LogP contribution in [0.1, 0.15) is 11.1 Å². The van der Waals surface area contributed by atoms with Crippen LogP contribution in [0.3, 0.4) is 0 Å². The molecule has 0 saturated carbocycles. The van der Waals surface area contributed by atoms with Crippen molar-refractivity contribution < 1.29 is 18.3 Å². The molecule has 2 aromatic rings. The number of hydrogen-bond acceptors (Lipinski definition) is 3. The number of hydrogen-bond donors (Lipinski definition) is 1. The Labute approximate surface area is 122 Å². The van der Waals surface area contributed by atoms with Crippen molar-refractivity contribution in [3.05, 3.63) is 59.7 Å². The second kappa shape index (κ2) is 7.59. The molecule has 0 unspecified atom stereocenters. The van der Waals surface area contributed by atoms with Gasteiger partial charge in [0.15, 0.2) is 0 Å². The van der Waals surface area contributed by atoms with E-state index >= 15 is 0 Å². The average molecular weight is 293 g/mol. The van der Waals surface area contributed by atoms with Gasteiger partial charge in [0.25, 0.3) is 0 Å². The Morgan fingerprint density at radius 1 is 1.05 bits per heavy atom. The first-order valence-electron chi connectivity index (χ1n) is 6.53. The molecule has 0 radical (unpaired) electrons. The van der Waals surface area contributed by atoms with Gasteiger partial charge in [-0.3, -0.25) is 0 Å². The van der Waals surface area contributed by atoms with Crippen LogP contribution in [0.4, 0.5) is 14.5 Å². The van der Waals surface area contributed by atoms with Gasteiger partial charge in [-0.15, -0.1) is 0 Å². The van der Waals surface area contributed by atoms with E-state index in [-0.39, 0.29) is 5.75 Å². The monoisotopic (exact) mass is 293 g/mol. The van der Waals surface area contributed by atoms with Crippen LogP contribution in [0.15, 0.2) is 48.5 Å². The molecular formula is C16H17F2NO2. The molecular weight excluding hydrogens is 276 g/mol. The fourth-order valence-corrected chi connectivity index (χ4v) is 1.95. The molecule has 3 nitrogen and oxygen atoms in total. The zero-order valence-corrected chi connectivity index (χ0v) is 11.7. The third kappa shape index (κ3) is 5.04. The lowest BCUT2D eigenvalue weighted by atomic mass is 10.1. The molecule has 0 fully saturated rings. The zero-order chi connectivity index (χ0) is 15.1. The Bertz CT molecular complexity index is 558. The van der Waals surface area contributed by atoms with Crippen molar-refractivity contribution in [2.75, 3.05) is 12.4 Å². The van der Waals surface area contributed by atoms with E-state index in [4.69, 9.17) is 4.74 Å². The van der Waals surface area contributed by atoms with Crippen LogP contribution in [-0.4, -0.2) is 13.7 Å². The fourth-order valence-electron chi connectivity index (χ4n) is 1.95. The number of benzene rings is 2. The molecule has 0 aromatic heterocycles. The van der Waals surface area contributed by atoms with Gasteiger partial charge < -0.3 is 14.8 Å². The highest BCUT2D eigenvalue weighted by atomic mass is 19.3. The Morgan fingerprint density at radius 2 is 1.76 bits per heavy atom. The van der Waals surface area contributed by atoms with Crippen molar-refractivity contribution in [3.63, 3.8) is 0 Å². The molecule has 112 valence electrons. The highest BCUT2D eigenvalue weighted by Crippen LogP contribution is 2.18. The molecule has 0 amide bonds. The molecule has 21 heavy (non-hydrogen) atoms. The minimum atomic E-state index is -2.80. The van der Waals surface area contributed by atoms with E-state index in [0.717, 1.165) is 16.8 Å². The van der Waals surface area contributed by atoms with Crippen molar-refractivity contribution in [1.82, 2.24) is 0 Å². The van der Waals surface area contributed by atoms with Crippen LogP contribution >= 0.6 is 0 Å². The van der Waals surface area contributed by atoms with Gasteiger partial charge >= 0.3 is 6.61 Å². The zero-order valence-electron chi connectivity index (χ0n) is 11.7. The molecule has 0 heterocycles. The lowest BCUT2D eigenvalue weighted by Crippen LogP contribution is -2.03. The van der Waals surface area contributed by atoms with E-state index in [2.05, 4.69) is 16.1 Å². The third-order valence-corrected chi connectivity index (χ3v) is 2.88. The molecule has 0 aliphatic rings. The van der Waals surface area contributed by atoms with Crippen LogP contribution in [0.25, 0.3) is 0 Å². The van der Waals surface area contributed by atoms with Gasteiger partial charge in [0.1, 0.15) is 5.75 Å². The molecule has 2 rings (SSSR count). The standard InChI is InChI=1S/C16H17F2NO2/c1-20-11-13-4-2-3-12(9-13)10-19-14-5-7-15(8-6-14)21-16(17)18/h2-9,16,19H,10-11H2,1H3. The highest BCUT2D eigenvalue weighted by molar-refractivity contribution is 5.46. The molecule has 5 heteroatoms. The lowest BCUT2D eigenvalue weighted by Gasteiger charge is -2.09. The maximum atomic E-state index is 12.0. The van der Waals surface area contributed by atoms with Gasteiger partial charge in [-0.2, -0.15) is 8.78 Å². The van der Waals surface area contributed by atoms with E-state index in [0.29, 0.717) is 13.2 Å². The number of halogens is 2. The van der Waals surface area contributed by atoms with Gasteiger partial charge in [0.05, 0.1) is 6.61 Å². The molecule has 0 aliphatic carbocycles. The summed E-state index contributed by atoms with van der Waals surface area (Å²) >= 11 is 0.